The standard InChI is InChI=1S/C14H20N2O4S/c1-19-9-14-8-16(6-11(14)7-20-10-14)13-4-3-12(5-15-13)21(2,17)18/h3-5,11H,6-10H2,1-2H3/t11-,14-/m0/s1. The van der Waals surface area contributed by atoms with Crippen LogP contribution in [0.25, 0.3) is 0 Å². The van der Waals surface area contributed by atoms with E-state index in [1.165, 1.54) is 12.5 Å². The number of pyridine rings is 1. The zero-order chi connectivity index (χ0) is 15.1. The predicted molar refractivity (Wildman–Crippen MR) is 78.2 cm³/mol. The quantitative estimate of drug-likeness (QED) is 0.810. The number of ether oxygens (including phenoxy) is 2. The van der Waals surface area contributed by atoms with Gasteiger partial charge in [0, 0.05) is 44.0 Å². The molecule has 0 aromatic carbocycles. The van der Waals surface area contributed by atoms with Crippen LogP contribution < -0.4 is 4.90 Å². The van der Waals surface area contributed by atoms with Crippen molar-refractivity contribution in [3.8, 4) is 0 Å². The summed E-state index contributed by atoms with van der Waals surface area (Å²) in [7, 11) is -1.49. The summed E-state index contributed by atoms with van der Waals surface area (Å²) < 4.78 is 33.9. The van der Waals surface area contributed by atoms with Gasteiger partial charge in [-0.05, 0) is 12.1 Å². The summed E-state index contributed by atoms with van der Waals surface area (Å²) in [6, 6.07) is 3.39. The van der Waals surface area contributed by atoms with Crippen LogP contribution in [0, 0.1) is 11.3 Å². The van der Waals surface area contributed by atoms with Crippen molar-refractivity contribution in [1.29, 1.82) is 0 Å². The topological polar surface area (TPSA) is 68.7 Å². The van der Waals surface area contributed by atoms with Gasteiger partial charge in [-0.25, -0.2) is 13.4 Å². The number of anilines is 1. The van der Waals surface area contributed by atoms with Gasteiger partial charge in [0.25, 0.3) is 0 Å². The number of sulfone groups is 1. The predicted octanol–water partition coefficient (Wildman–Crippen LogP) is 0.584. The molecule has 0 bridgehead atoms. The minimum atomic E-state index is -3.20. The van der Waals surface area contributed by atoms with Gasteiger partial charge in [0.05, 0.1) is 24.7 Å². The van der Waals surface area contributed by atoms with Crippen LogP contribution in [-0.2, 0) is 19.3 Å². The van der Waals surface area contributed by atoms with Gasteiger partial charge in [-0.1, -0.05) is 0 Å². The van der Waals surface area contributed by atoms with Crippen LogP contribution in [-0.4, -0.2) is 59.7 Å². The Morgan fingerprint density at radius 2 is 2.33 bits per heavy atom. The molecule has 0 N–H and O–H groups in total. The summed E-state index contributed by atoms with van der Waals surface area (Å²) in [5, 5.41) is 0. The number of nitrogens with zero attached hydrogens (tertiary/aromatic N) is 2. The molecule has 1 aromatic heterocycles. The van der Waals surface area contributed by atoms with E-state index in [1.807, 2.05) is 0 Å². The second-order valence-electron chi connectivity index (χ2n) is 6.01. The number of fused-ring (bicyclic) bond motifs is 1. The van der Waals surface area contributed by atoms with E-state index in [-0.39, 0.29) is 10.3 Å². The van der Waals surface area contributed by atoms with Crippen LogP contribution in [0.5, 0.6) is 0 Å². The fourth-order valence-corrected chi connectivity index (χ4v) is 3.84. The lowest BCUT2D eigenvalue weighted by Gasteiger charge is -2.26. The number of hydrogen-bond donors (Lipinski definition) is 0. The molecular weight excluding hydrogens is 292 g/mol. The Balaban J connectivity index is 1.80. The monoisotopic (exact) mass is 312 g/mol. The third-order valence-corrected chi connectivity index (χ3v) is 5.52. The number of aromatic nitrogens is 1. The lowest BCUT2D eigenvalue weighted by molar-refractivity contribution is 0.0660. The third kappa shape index (κ3) is 2.65. The maximum Gasteiger partial charge on any atom is 0.177 e. The van der Waals surface area contributed by atoms with Crippen molar-refractivity contribution >= 4 is 15.7 Å². The van der Waals surface area contributed by atoms with Crippen LogP contribution >= 0.6 is 0 Å². The van der Waals surface area contributed by atoms with Crippen molar-refractivity contribution in [2.75, 3.05) is 51.2 Å². The zero-order valence-corrected chi connectivity index (χ0v) is 13.1. The van der Waals surface area contributed by atoms with Gasteiger partial charge in [0.1, 0.15) is 5.82 Å². The molecule has 21 heavy (non-hydrogen) atoms. The normalized spacial score (nSPS) is 28.9. The molecule has 0 amide bonds. The van der Waals surface area contributed by atoms with E-state index in [1.54, 1.807) is 19.2 Å². The second-order valence-corrected chi connectivity index (χ2v) is 8.03. The van der Waals surface area contributed by atoms with Crippen LogP contribution in [0.15, 0.2) is 23.2 Å². The van der Waals surface area contributed by atoms with Crippen LogP contribution in [0.1, 0.15) is 0 Å². The third-order valence-electron chi connectivity index (χ3n) is 4.43. The average Bonchev–Trinajstić information content (AvgIpc) is 2.95. The molecule has 3 rings (SSSR count). The van der Waals surface area contributed by atoms with E-state index in [0.717, 1.165) is 25.5 Å². The van der Waals surface area contributed by atoms with E-state index in [0.29, 0.717) is 19.1 Å². The highest BCUT2D eigenvalue weighted by atomic mass is 32.2. The molecule has 2 aliphatic heterocycles. The summed E-state index contributed by atoms with van der Waals surface area (Å²) >= 11 is 0. The Morgan fingerprint density at radius 3 is 2.95 bits per heavy atom. The number of hydrogen-bond acceptors (Lipinski definition) is 6. The van der Waals surface area contributed by atoms with E-state index in [9.17, 15) is 8.42 Å². The molecule has 116 valence electrons. The maximum atomic E-state index is 11.5. The smallest absolute Gasteiger partial charge is 0.177 e. The summed E-state index contributed by atoms with van der Waals surface area (Å²) in [6.45, 7) is 3.84. The molecule has 0 radical (unpaired) electrons. The van der Waals surface area contributed by atoms with E-state index in [2.05, 4.69) is 9.88 Å². The molecule has 0 saturated carbocycles. The van der Waals surface area contributed by atoms with Gasteiger partial charge < -0.3 is 14.4 Å². The molecule has 2 saturated heterocycles. The molecule has 1 aromatic rings. The maximum absolute atomic E-state index is 11.5. The molecule has 2 aliphatic rings. The molecule has 6 nitrogen and oxygen atoms in total. The van der Waals surface area contributed by atoms with Crippen LogP contribution in [0.2, 0.25) is 0 Å². The largest absolute Gasteiger partial charge is 0.384 e. The number of rotatable bonds is 4. The molecule has 0 unspecified atom stereocenters. The van der Waals surface area contributed by atoms with E-state index in [4.69, 9.17) is 9.47 Å². The van der Waals surface area contributed by atoms with Crippen molar-refractivity contribution < 1.29 is 17.9 Å². The molecule has 7 heteroatoms. The molecule has 0 aliphatic carbocycles. The van der Waals surface area contributed by atoms with Crippen LogP contribution in [0.3, 0.4) is 0 Å². The SMILES string of the molecule is COC[C@@]12COC[C@@H]1CN(c1ccc(S(C)(=O)=O)cn1)C2. The van der Waals surface area contributed by atoms with Crippen LogP contribution in [0.4, 0.5) is 5.82 Å². The van der Waals surface area contributed by atoms with Crippen molar-refractivity contribution in [3.63, 3.8) is 0 Å². The van der Waals surface area contributed by atoms with Crippen molar-refractivity contribution in [3.05, 3.63) is 18.3 Å². The Labute approximate surface area is 125 Å². The highest BCUT2D eigenvalue weighted by Gasteiger charge is 2.51. The zero-order valence-electron chi connectivity index (χ0n) is 12.3. The van der Waals surface area contributed by atoms with Crippen molar-refractivity contribution in [2.24, 2.45) is 11.3 Å². The highest BCUT2D eigenvalue weighted by molar-refractivity contribution is 7.90. The fraction of sp³-hybridized carbons (Fsp3) is 0.643. The summed E-state index contributed by atoms with van der Waals surface area (Å²) in [5.74, 6) is 1.25. The highest BCUT2D eigenvalue weighted by Crippen LogP contribution is 2.42. The van der Waals surface area contributed by atoms with E-state index >= 15 is 0 Å². The molecular formula is C14H20N2O4S. The van der Waals surface area contributed by atoms with Gasteiger partial charge in [0.15, 0.2) is 9.84 Å². The van der Waals surface area contributed by atoms with E-state index < -0.39 is 9.84 Å². The van der Waals surface area contributed by atoms with Gasteiger partial charge in [-0.3, -0.25) is 0 Å². The summed E-state index contributed by atoms with van der Waals surface area (Å²) in [5.41, 5.74) is 0.0337. The minimum Gasteiger partial charge on any atom is -0.384 e. The molecule has 2 fully saturated rings. The molecule has 3 heterocycles. The van der Waals surface area contributed by atoms with Gasteiger partial charge in [-0.2, -0.15) is 0 Å². The first kappa shape index (κ1) is 14.7. The summed E-state index contributed by atoms with van der Waals surface area (Å²) in [4.78, 5) is 6.75. The fourth-order valence-electron chi connectivity index (χ4n) is 3.28. The lowest BCUT2D eigenvalue weighted by atomic mass is 9.82. The first-order chi connectivity index (χ1) is 9.94. The average molecular weight is 312 g/mol. The Morgan fingerprint density at radius 1 is 1.52 bits per heavy atom. The lowest BCUT2D eigenvalue weighted by Crippen LogP contribution is -2.35. The first-order valence-corrected chi connectivity index (χ1v) is 8.81. The first-order valence-electron chi connectivity index (χ1n) is 6.92. The van der Waals surface area contributed by atoms with Gasteiger partial charge in [-0.15, -0.1) is 0 Å². The van der Waals surface area contributed by atoms with Gasteiger partial charge in [0.2, 0.25) is 0 Å². The van der Waals surface area contributed by atoms with Crippen molar-refractivity contribution in [2.45, 2.75) is 4.90 Å². The number of methoxy groups -OCH3 is 1. The van der Waals surface area contributed by atoms with Gasteiger partial charge >= 0.3 is 0 Å². The molecule has 0 spiro atoms. The van der Waals surface area contributed by atoms with Crippen molar-refractivity contribution in [1.82, 2.24) is 4.98 Å². The molecule has 2 atom stereocenters. The minimum absolute atomic E-state index is 0.0337. The Kier molecular flexibility index (Phi) is 3.67. The Bertz CT molecular complexity index is 616. The summed E-state index contributed by atoms with van der Waals surface area (Å²) in [6.07, 6.45) is 2.62. The second kappa shape index (κ2) is 5.23. The Hall–Kier alpha value is -1.18.